The lowest BCUT2D eigenvalue weighted by atomic mass is 10.1. The van der Waals surface area contributed by atoms with E-state index in [1.54, 1.807) is 6.92 Å². The quantitative estimate of drug-likeness (QED) is 0.770. The molecule has 114 valence electrons. The first-order valence-corrected chi connectivity index (χ1v) is 7.56. The van der Waals surface area contributed by atoms with Crippen molar-refractivity contribution < 1.29 is 9.84 Å². The molecule has 1 atom stereocenters. The van der Waals surface area contributed by atoms with Crippen molar-refractivity contribution in [3.63, 3.8) is 0 Å². The molecule has 0 aliphatic carbocycles. The molecular weight excluding hydrogens is 274 g/mol. The number of benzene rings is 1. The molecule has 1 aromatic rings. The van der Waals surface area contributed by atoms with Gasteiger partial charge in [0.05, 0.1) is 5.60 Å². The van der Waals surface area contributed by atoms with Gasteiger partial charge in [0, 0.05) is 17.1 Å². The Hall–Kier alpha value is -0.770. The van der Waals surface area contributed by atoms with Crippen molar-refractivity contribution in [1.29, 1.82) is 0 Å². The van der Waals surface area contributed by atoms with Crippen LogP contribution in [0, 0.1) is 5.92 Å². The number of hydrogen-bond donors (Lipinski definition) is 2. The van der Waals surface area contributed by atoms with E-state index < -0.39 is 5.60 Å². The fourth-order valence-corrected chi connectivity index (χ4v) is 1.85. The molecule has 1 rings (SSSR count). The molecule has 0 spiro atoms. The third-order valence-electron chi connectivity index (χ3n) is 3.19. The van der Waals surface area contributed by atoms with Crippen LogP contribution < -0.4 is 10.1 Å². The fraction of sp³-hybridized carbons (Fsp3) is 0.625. The summed E-state index contributed by atoms with van der Waals surface area (Å²) in [6, 6.07) is 5.58. The van der Waals surface area contributed by atoms with E-state index in [1.165, 1.54) is 0 Å². The van der Waals surface area contributed by atoms with Crippen LogP contribution in [-0.2, 0) is 6.54 Å². The van der Waals surface area contributed by atoms with Gasteiger partial charge >= 0.3 is 0 Å². The maximum absolute atomic E-state index is 10.0. The smallest absolute Gasteiger partial charge is 0.124 e. The maximum Gasteiger partial charge on any atom is 0.124 e. The number of aliphatic hydroxyl groups is 1. The zero-order valence-corrected chi connectivity index (χ0v) is 13.6. The van der Waals surface area contributed by atoms with Gasteiger partial charge < -0.3 is 15.2 Å². The van der Waals surface area contributed by atoms with Gasteiger partial charge in [-0.3, -0.25) is 0 Å². The zero-order valence-electron chi connectivity index (χ0n) is 12.9. The topological polar surface area (TPSA) is 41.5 Å². The minimum Gasteiger partial charge on any atom is -0.490 e. The first kappa shape index (κ1) is 17.3. The minimum atomic E-state index is -0.803. The van der Waals surface area contributed by atoms with Gasteiger partial charge in [-0.15, -0.1) is 0 Å². The van der Waals surface area contributed by atoms with Gasteiger partial charge in [0.1, 0.15) is 12.4 Å². The average molecular weight is 300 g/mol. The van der Waals surface area contributed by atoms with Gasteiger partial charge in [-0.25, -0.2) is 0 Å². The summed E-state index contributed by atoms with van der Waals surface area (Å²) in [5, 5.41) is 14.1. The second-order valence-corrected chi connectivity index (χ2v) is 6.35. The predicted molar refractivity (Wildman–Crippen MR) is 84.4 cm³/mol. The Morgan fingerprint density at radius 2 is 2.10 bits per heavy atom. The molecule has 0 bridgehead atoms. The summed E-state index contributed by atoms with van der Waals surface area (Å²) in [6.45, 7) is 9.99. The molecule has 0 fully saturated rings. The molecule has 0 saturated carbocycles. The summed E-state index contributed by atoms with van der Waals surface area (Å²) in [7, 11) is 0. The van der Waals surface area contributed by atoms with E-state index in [9.17, 15) is 5.11 Å². The lowest BCUT2D eigenvalue weighted by molar-refractivity contribution is 0.00816. The highest BCUT2D eigenvalue weighted by Crippen LogP contribution is 2.24. The van der Waals surface area contributed by atoms with Crippen LogP contribution in [0.5, 0.6) is 5.75 Å². The van der Waals surface area contributed by atoms with Crippen LogP contribution in [-0.4, -0.2) is 23.9 Å². The van der Waals surface area contributed by atoms with Crippen molar-refractivity contribution in [3.8, 4) is 5.75 Å². The minimum absolute atomic E-state index is 0.280. The number of rotatable bonds is 8. The highest BCUT2D eigenvalue weighted by molar-refractivity contribution is 6.30. The van der Waals surface area contributed by atoms with E-state index in [4.69, 9.17) is 16.3 Å². The van der Waals surface area contributed by atoms with Crippen molar-refractivity contribution in [3.05, 3.63) is 28.8 Å². The van der Waals surface area contributed by atoms with E-state index in [0.717, 1.165) is 17.9 Å². The van der Waals surface area contributed by atoms with Crippen LogP contribution in [0.2, 0.25) is 5.02 Å². The molecule has 3 nitrogen and oxygen atoms in total. The summed E-state index contributed by atoms with van der Waals surface area (Å²) in [5.74, 6) is 1.37. The number of nitrogens with one attached hydrogen (secondary N) is 1. The number of hydrogen-bond acceptors (Lipinski definition) is 3. The summed E-state index contributed by atoms with van der Waals surface area (Å²) in [4.78, 5) is 0. The van der Waals surface area contributed by atoms with Crippen molar-refractivity contribution >= 4 is 11.6 Å². The second kappa shape index (κ2) is 7.87. The molecule has 0 radical (unpaired) electrons. The Bertz CT molecular complexity index is 419. The van der Waals surface area contributed by atoms with Gasteiger partial charge in [0.15, 0.2) is 0 Å². The van der Waals surface area contributed by atoms with Crippen molar-refractivity contribution in [1.82, 2.24) is 5.32 Å². The largest absolute Gasteiger partial charge is 0.490 e. The molecule has 0 saturated heterocycles. The molecular formula is C16H26ClNO2. The predicted octanol–water partition coefficient (Wildman–Crippen LogP) is 3.63. The molecule has 0 aromatic heterocycles. The monoisotopic (exact) mass is 299 g/mol. The van der Waals surface area contributed by atoms with Gasteiger partial charge in [0.25, 0.3) is 0 Å². The van der Waals surface area contributed by atoms with Crippen LogP contribution in [0.4, 0.5) is 0 Å². The lowest BCUT2D eigenvalue weighted by Crippen LogP contribution is -2.31. The fourth-order valence-electron chi connectivity index (χ4n) is 1.66. The standard InChI is InChI=1S/C16H26ClNO2/c1-5-16(4,19)11-20-15-7-6-14(17)8-13(15)10-18-9-12(2)3/h6-8,12,18-19H,5,9-11H2,1-4H3. The third-order valence-corrected chi connectivity index (χ3v) is 3.43. The molecule has 1 aromatic carbocycles. The van der Waals surface area contributed by atoms with E-state index in [0.29, 0.717) is 23.9 Å². The van der Waals surface area contributed by atoms with Crippen LogP contribution in [0.15, 0.2) is 18.2 Å². The van der Waals surface area contributed by atoms with Crippen molar-refractivity contribution in [2.45, 2.75) is 46.3 Å². The number of ether oxygens (including phenoxy) is 1. The zero-order chi connectivity index (χ0) is 15.2. The van der Waals surface area contributed by atoms with E-state index in [1.807, 2.05) is 25.1 Å². The van der Waals surface area contributed by atoms with Crippen LogP contribution in [0.1, 0.15) is 39.7 Å². The maximum atomic E-state index is 10.0. The first-order valence-electron chi connectivity index (χ1n) is 7.18. The van der Waals surface area contributed by atoms with Crippen LogP contribution in [0.3, 0.4) is 0 Å². The SMILES string of the molecule is CCC(C)(O)COc1ccc(Cl)cc1CNCC(C)C. The van der Waals surface area contributed by atoms with Crippen LogP contribution in [0.25, 0.3) is 0 Å². The average Bonchev–Trinajstić information content (AvgIpc) is 2.37. The normalized spacial score (nSPS) is 14.3. The molecule has 2 N–H and O–H groups in total. The van der Waals surface area contributed by atoms with Gasteiger partial charge in [0.2, 0.25) is 0 Å². The molecule has 0 amide bonds. The highest BCUT2D eigenvalue weighted by atomic mass is 35.5. The number of halogens is 1. The first-order chi connectivity index (χ1) is 9.34. The van der Waals surface area contributed by atoms with E-state index in [2.05, 4.69) is 19.2 Å². The second-order valence-electron chi connectivity index (χ2n) is 5.92. The summed E-state index contributed by atoms with van der Waals surface area (Å²) >= 11 is 6.04. The molecule has 0 aliphatic heterocycles. The summed E-state index contributed by atoms with van der Waals surface area (Å²) < 4.78 is 5.76. The van der Waals surface area contributed by atoms with E-state index in [-0.39, 0.29) is 6.61 Å². The molecule has 4 heteroatoms. The molecule has 0 heterocycles. The van der Waals surface area contributed by atoms with Crippen molar-refractivity contribution in [2.75, 3.05) is 13.2 Å². The summed E-state index contributed by atoms with van der Waals surface area (Å²) in [5.41, 5.74) is 0.215. The van der Waals surface area contributed by atoms with Crippen LogP contribution >= 0.6 is 11.6 Å². The molecule has 1 unspecified atom stereocenters. The highest BCUT2D eigenvalue weighted by Gasteiger charge is 2.19. The Kier molecular flexibility index (Phi) is 6.80. The molecule has 0 aliphatic rings. The van der Waals surface area contributed by atoms with Gasteiger partial charge in [-0.1, -0.05) is 32.4 Å². The summed E-state index contributed by atoms with van der Waals surface area (Å²) in [6.07, 6.45) is 0.654. The third kappa shape index (κ3) is 6.12. The van der Waals surface area contributed by atoms with Gasteiger partial charge in [-0.2, -0.15) is 0 Å². The lowest BCUT2D eigenvalue weighted by Gasteiger charge is -2.22. The van der Waals surface area contributed by atoms with Gasteiger partial charge in [-0.05, 0) is 44.0 Å². The van der Waals surface area contributed by atoms with Crippen molar-refractivity contribution in [2.24, 2.45) is 5.92 Å². The Morgan fingerprint density at radius 1 is 1.40 bits per heavy atom. The Morgan fingerprint density at radius 3 is 2.70 bits per heavy atom. The van der Waals surface area contributed by atoms with E-state index >= 15 is 0 Å². The Labute approximate surface area is 127 Å². The Balaban J connectivity index is 2.69. The molecule has 20 heavy (non-hydrogen) atoms.